The number of fused-ring (bicyclic) bond motifs is 1. The molecule has 4 rings (SSSR count). The first-order valence-corrected chi connectivity index (χ1v) is 9.94. The van der Waals surface area contributed by atoms with Gasteiger partial charge in [0.15, 0.2) is 0 Å². The maximum atomic E-state index is 12.4. The Morgan fingerprint density at radius 3 is 2.77 bits per heavy atom. The minimum atomic E-state index is -0.0842. The molecule has 2 aromatic heterocycles. The van der Waals surface area contributed by atoms with Gasteiger partial charge < -0.3 is 0 Å². The van der Waals surface area contributed by atoms with E-state index in [2.05, 4.69) is 54.2 Å². The third-order valence-electron chi connectivity index (χ3n) is 5.25. The van der Waals surface area contributed by atoms with E-state index in [0.717, 1.165) is 30.2 Å². The molecule has 1 unspecified atom stereocenters. The van der Waals surface area contributed by atoms with E-state index >= 15 is 0 Å². The van der Waals surface area contributed by atoms with Crippen LogP contribution in [0.3, 0.4) is 0 Å². The maximum Gasteiger partial charge on any atom is 0.275 e. The lowest BCUT2D eigenvalue weighted by Gasteiger charge is -2.26. The molecule has 1 saturated heterocycles. The van der Waals surface area contributed by atoms with Crippen molar-refractivity contribution in [1.82, 2.24) is 19.5 Å². The van der Waals surface area contributed by atoms with Gasteiger partial charge in [0.25, 0.3) is 5.56 Å². The molecule has 3 heterocycles. The molecular formula is C20H24N4OS. The number of rotatable bonds is 4. The monoisotopic (exact) mass is 368 g/mol. The molecule has 0 bridgehead atoms. The quantitative estimate of drug-likeness (QED) is 0.709. The summed E-state index contributed by atoms with van der Waals surface area (Å²) in [7, 11) is 0. The van der Waals surface area contributed by atoms with Crippen LogP contribution in [0.15, 0.2) is 41.2 Å². The van der Waals surface area contributed by atoms with Crippen LogP contribution in [-0.4, -0.2) is 32.6 Å². The molecule has 1 atom stereocenters. The molecule has 1 aromatic carbocycles. The lowest BCUT2D eigenvalue weighted by atomic mass is 9.78. The SMILES string of the molecule is CCc1nn2c(=O)cc(CN3CC(c4ccccc4)C(C)(C)C3)nc2s1. The number of nitrogens with zero attached hydrogens (tertiary/aromatic N) is 4. The van der Waals surface area contributed by atoms with E-state index < -0.39 is 0 Å². The number of benzene rings is 1. The number of aryl methyl sites for hydroxylation is 1. The highest BCUT2D eigenvalue weighted by Crippen LogP contribution is 2.42. The van der Waals surface area contributed by atoms with Crippen LogP contribution in [0.25, 0.3) is 4.96 Å². The number of likely N-dealkylation sites (tertiary alicyclic amines) is 1. The van der Waals surface area contributed by atoms with Crippen molar-refractivity contribution in [1.29, 1.82) is 0 Å². The Morgan fingerprint density at radius 1 is 1.27 bits per heavy atom. The molecule has 3 aromatic rings. The summed E-state index contributed by atoms with van der Waals surface area (Å²) in [6.45, 7) is 9.38. The summed E-state index contributed by atoms with van der Waals surface area (Å²) >= 11 is 1.50. The summed E-state index contributed by atoms with van der Waals surface area (Å²) in [5, 5.41) is 5.27. The molecule has 0 saturated carbocycles. The molecule has 1 aliphatic rings. The molecule has 0 amide bonds. The van der Waals surface area contributed by atoms with Crippen LogP contribution in [0.4, 0.5) is 0 Å². The first-order valence-electron chi connectivity index (χ1n) is 9.12. The second-order valence-electron chi connectivity index (χ2n) is 7.75. The fourth-order valence-corrected chi connectivity index (χ4v) is 4.83. The third kappa shape index (κ3) is 3.19. The van der Waals surface area contributed by atoms with Crippen molar-refractivity contribution < 1.29 is 0 Å². The molecule has 0 radical (unpaired) electrons. The van der Waals surface area contributed by atoms with Gasteiger partial charge in [0.05, 0.1) is 5.69 Å². The topological polar surface area (TPSA) is 50.5 Å². The highest BCUT2D eigenvalue weighted by molar-refractivity contribution is 7.16. The first-order chi connectivity index (χ1) is 12.5. The first kappa shape index (κ1) is 17.4. The summed E-state index contributed by atoms with van der Waals surface area (Å²) < 4.78 is 1.42. The molecule has 0 spiro atoms. The highest BCUT2D eigenvalue weighted by atomic mass is 32.1. The number of aromatic nitrogens is 3. The van der Waals surface area contributed by atoms with Crippen molar-refractivity contribution in [3.63, 3.8) is 0 Å². The molecular weight excluding hydrogens is 344 g/mol. The number of hydrogen-bond acceptors (Lipinski definition) is 5. The fraction of sp³-hybridized carbons (Fsp3) is 0.450. The van der Waals surface area contributed by atoms with Gasteiger partial charge in [-0.15, -0.1) is 0 Å². The Morgan fingerprint density at radius 2 is 2.04 bits per heavy atom. The lowest BCUT2D eigenvalue weighted by molar-refractivity contribution is 0.279. The van der Waals surface area contributed by atoms with Crippen LogP contribution in [0.1, 0.15) is 43.0 Å². The van der Waals surface area contributed by atoms with Crippen LogP contribution >= 0.6 is 11.3 Å². The second kappa shape index (κ2) is 6.59. The molecule has 26 heavy (non-hydrogen) atoms. The van der Waals surface area contributed by atoms with Crippen LogP contribution in [0.5, 0.6) is 0 Å². The smallest absolute Gasteiger partial charge is 0.275 e. The molecule has 6 heteroatoms. The predicted octanol–water partition coefficient (Wildman–Crippen LogP) is 3.34. The van der Waals surface area contributed by atoms with Crippen molar-refractivity contribution in [2.24, 2.45) is 5.41 Å². The van der Waals surface area contributed by atoms with Crippen LogP contribution in [0.2, 0.25) is 0 Å². The van der Waals surface area contributed by atoms with E-state index in [9.17, 15) is 4.79 Å². The van der Waals surface area contributed by atoms with Gasteiger partial charge in [-0.05, 0) is 17.4 Å². The normalized spacial score (nSPS) is 20.0. The second-order valence-corrected chi connectivity index (χ2v) is 8.79. The minimum absolute atomic E-state index is 0.0842. The lowest BCUT2D eigenvalue weighted by Crippen LogP contribution is -2.25. The molecule has 1 fully saturated rings. The molecule has 5 nitrogen and oxygen atoms in total. The van der Waals surface area contributed by atoms with Gasteiger partial charge in [0, 0.05) is 31.6 Å². The van der Waals surface area contributed by atoms with E-state index in [-0.39, 0.29) is 11.0 Å². The molecule has 0 N–H and O–H groups in total. The van der Waals surface area contributed by atoms with Gasteiger partial charge in [0.1, 0.15) is 5.01 Å². The molecule has 1 aliphatic heterocycles. The Labute approximate surface area is 157 Å². The van der Waals surface area contributed by atoms with Gasteiger partial charge in [-0.25, -0.2) is 4.98 Å². The molecule has 136 valence electrons. The Bertz CT molecular complexity index is 976. The third-order valence-corrected chi connectivity index (χ3v) is 6.30. The molecule has 0 aliphatic carbocycles. The van der Waals surface area contributed by atoms with Gasteiger partial charge in [0.2, 0.25) is 4.96 Å². The zero-order valence-corrected chi connectivity index (χ0v) is 16.3. The zero-order valence-electron chi connectivity index (χ0n) is 15.5. The van der Waals surface area contributed by atoms with E-state index in [1.165, 1.54) is 21.4 Å². The van der Waals surface area contributed by atoms with E-state index in [1.807, 2.05) is 6.92 Å². The van der Waals surface area contributed by atoms with Gasteiger partial charge in [-0.3, -0.25) is 9.69 Å². The average molecular weight is 369 g/mol. The summed E-state index contributed by atoms with van der Waals surface area (Å²) in [4.78, 5) is 20.2. The van der Waals surface area contributed by atoms with Crippen molar-refractivity contribution in [3.8, 4) is 0 Å². The average Bonchev–Trinajstić information content (AvgIpc) is 3.16. The van der Waals surface area contributed by atoms with Gasteiger partial charge >= 0.3 is 0 Å². The maximum absolute atomic E-state index is 12.4. The summed E-state index contributed by atoms with van der Waals surface area (Å²) in [6.07, 6.45) is 0.821. The fourth-order valence-electron chi connectivity index (χ4n) is 3.97. The summed E-state index contributed by atoms with van der Waals surface area (Å²) in [5.41, 5.74) is 2.34. The van der Waals surface area contributed by atoms with Gasteiger partial charge in [-0.2, -0.15) is 9.61 Å². The number of hydrogen-bond donors (Lipinski definition) is 0. The van der Waals surface area contributed by atoms with Crippen LogP contribution < -0.4 is 5.56 Å². The van der Waals surface area contributed by atoms with Gasteiger partial charge in [-0.1, -0.05) is 62.4 Å². The standard InChI is InChI=1S/C20H24N4OS/c1-4-17-22-24-18(25)10-15(21-19(24)26-17)11-23-12-16(20(2,3)13-23)14-8-6-5-7-9-14/h5-10,16H,4,11-13H2,1-3H3. The summed E-state index contributed by atoms with van der Waals surface area (Å²) in [5.74, 6) is 0.489. The van der Waals surface area contributed by atoms with E-state index in [1.54, 1.807) is 6.07 Å². The Kier molecular flexibility index (Phi) is 4.40. The Hall–Kier alpha value is -2.05. The summed E-state index contributed by atoms with van der Waals surface area (Å²) in [6, 6.07) is 12.4. The van der Waals surface area contributed by atoms with Crippen LogP contribution in [0, 0.1) is 5.41 Å². The predicted molar refractivity (Wildman–Crippen MR) is 105 cm³/mol. The highest BCUT2D eigenvalue weighted by Gasteiger charge is 2.40. The van der Waals surface area contributed by atoms with Crippen molar-refractivity contribution in [3.05, 3.63) is 63.0 Å². The van der Waals surface area contributed by atoms with E-state index in [0.29, 0.717) is 17.4 Å². The zero-order chi connectivity index (χ0) is 18.3. The van der Waals surface area contributed by atoms with Crippen molar-refractivity contribution in [2.75, 3.05) is 13.1 Å². The van der Waals surface area contributed by atoms with E-state index in [4.69, 9.17) is 4.98 Å². The minimum Gasteiger partial charge on any atom is -0.296 e. The largest absolute Gasteiger partial charge is 0.296 e. The van der Waals surface area contributed by atoms with Crippen molar-refractivity contribution in [2.45, 2.75) is 39.7 Å². The van der Waals surface area contributed by atoms with Crippen molar-refractivity contribution >= 4 is 16.3 Å². The van der Waals surface area contributed by atoms with Crippen LogP contribution in [-0.2, 0) is 13.0 Å². The Balaban J connectivity index is 1.58.